The number of hydrogen-bond donors (Lipinski definition) is 3. The van der Waals surface area contributed by atoms with Crippen molar-refractivity contribution in [1.29, 1.82) is 0 Å². The van der Waals surface area contributed by atoms with Gasteiger partial charge in [-0.25, -0.2) is 9.59 Å². The molecule has 0 saturated carbocycles. The highest BCUT2D eigenvalue weighted by atomic mass is 35.5. The maximum absolute atomic E-state index is 14.2. The first-order chi connectivity index (χ1) is 27.6. The molecule has 0 saturated heterocycles. The van der Waals surface area contributed by atoms with Gasteiger partial charge in [0.05, 0.1) is 6.54 Å². The molecule has 0 unspecified atom stereocenters. The summed E-state index contributed by atoms with van der Waals surface area (Å²) >= 11 is 6.11. The minimum Gasteiger partial charge on any atom is -0.456 e. The third kappa shape index (κ3) is 15.4. The van der Waals surface area contributed by atoms with E-state index in [1.54, 1.807) is 44.2 Å². The zero-order chi connectivity index (χ0) is 44.7. The summed E-state index contributed by atoms with van der Waals surface area (Å²) in [6, 6.07) is 2.34. The van der Waals surface area contributed by atoms with Crippen LogP contribution in [0, 0.1) is 24.2 Å². The molecule has 0 fully saturated rings. The minimum atomic E-state index is -1.22. The summed E-state index contributed by atoms with van der Waals surface area (Å²) in [7, 11) is 2.84. The van der Waals surface area contributed by atoms with Crippen LogP contribution < -0.4 is 16.0 Å². The Kier molecular flexibility index (Phi) is 20.3. The predicted molar refractivity (Wildman–Crippen MR) is 226 cm³/mol. The van der Waals surface area contributed by atoms with Gasteiger partial charge in [0.25, 0.3) is 5.91 Å². The number of nitrogens with zero attached hydrogens (tertiary/aromatic N) is 2. The summed E-state index contributed by atoms with van der Waals surface area (Å²) in [5, 5.41) is 8.58. The largest absolute Gasteiger partial charge is 0.456 e. The van der Waals surface area contributed by atoms with E-state index in [0.717, 1.165) is 10.5 Å². The van der Waals surface area contributed by atoms with E-state index in [9.17, 15) is 33.6 Å². The Morgan fingerprint density at radius 2 is 1.51 bits per heavy atom. The highest BCUT2D eigenvalue weighted by molar-refractivity contribution is 6.30. The molecule has 1 aromatic rings. The number of cyclic esters (lactones) is 2. The number of amides is 5. The van der Waals surface area contributed by atoms with Gasteiger partial charge in [-0.2, -0.15) is 0 Å². The van der Waals surface area contributed by atoms with Crippen LogP contribution in [0.1, 0.15) is 94.1 Å². The van der Waals surface area contributed by atoms with Gasteiger partial charge in [0.2, 0.25) is 23.6 Å². The molecule has 15 heteroatoms. The van der Waals surface area contributed by atoms with E-state index in [4.69, 9.17) is 21.1 Å². The fraction of sp³-hybridized carbons (Fsp3) is 0.591. The number of carbonyl (C=O) groups excluding carboxylic acids is 7. The Hall–Kier alpha value is -4.72. The third-order valence-electron chi connectivity index (χ3n) is 10.6. The predicted octanol–water partition coefficient (Wildman–Crippen LogP) is 4.73. The van der Waals surface area contributed by atoms with Crippen LogP contribution in [0.25, 0.3) is 0 Å². The lowest BCUT2D eigenvalue weighted by molar-refractivity contribution is -0.154. The van der Waals surface area contributed by atoms with Crippen LogP contribution in [0.5, 0.6) is 0 Å². The summed E-state index contributed by atoms with van der Waals surface area (Å²) in [4.78, 5) is 98.0. The van der Waals surface area contributed by atoms with E-state index in [1.807, 2.05) is 54.0 Å². The van der Waals surface area contributed by atoms with Gasteiger partial charge < -0.3 is 35.2 Å². The number of ether oxygens (including phenoxy) is 2. The lowest BCUT2D eigenvalue weighted by Crippen LogP contribution is -2.57. The molecule has 2 rings (SSSR count). The summed E-state index contributed by atoms with van der Waals surface area (Å²) in [5.41, 5.74) is 1.70. The molecule has 1 heterocycles. The number of rotatable bonds is 7. The van der Waals surface area contributed by atoms with Crippen LogP contribution in [-0.4, -0.2) is 108 Å². The number of allylic oxidation sites excluding steroid dienone is 2. The van der Waals surface area contributed by atoms with E-state index in [0.29, 0.717) is 23.4 Å². The molecule has 1 aromatic carbocycles. The number of esters is 2. The lowest BCUT2D eigenvalue weighted by Gasteiger charge is -2.33. The van der Waals surface area contributed by atoms with Crippen LogP contribution in [-0.2, 0) is 49.5 Å². The fourth-order valence-corrected chi connectivity index (χ4v) is 6.55. The van der Waals surface area contributed by atoms with Crippen molar-refractivity contribution in [1.82, 2.24) is 25.8 Å². The molecule has 1 radical (unpaired) electrons. The van der Waals surface area contributed by atoms with Gasteiger partial charge in [-0.05, 0) is 89.0 Å². The Balaban J connectivity index is 2.60. The van der Waals surface area contributed by atoms with E-state index in [1.165, 1.54) is 32.8 Å². The number of benzene rings is 1. The van der Waals surface area contributed by atoms with Crippen molar-refractivity contribution in [2.75, 3.05) is 20.6 Å². The minimum absolute atomic E-state index is 0.0423. The monoisotopic (exact) mass is 842 g/mol. The molecule has 0 aromatic heterocycles. The molecule has 59 heavy (non-hydrogen) atoms. The van der Waals surface area contributed by atoms with Gasteiger partial charge in [-0.15, -0.1) is 0 Å². The van der Waals surface area contributed by atoms with Crippen molar-refractivity contribution in [2.45, 2.75) is 131 Å². The quantitative estimate of drug-likeness (QED) is 0.258. The van der Waals surface area contributed by atoms with Crippen LogP contribution >= 0.6 is 11.6 Å². The van der Waals surface area contributed by atoms with E-state index in [-0.39, 0.29) is 36.2 Å². The maximum Gasteiger partial charge on any atom is 0.334 e. The fourth-order valence-electron chi connectivity index (χ4n) is 6.42. The average Bonchev–Trinajstić information content (AvgIpc) is 3.18. The van der Waals surface area contributed by atoms with Gasteiger partial charge in [-0.1, -0.05) is 76.9 Å². The van der Waals surface area contributed by atoms with E-state index < -0.39 is 84.4 Å². The molecular formula is C44H65ClN5O9. The normalized spacial score (nSPS) is 27.6. The van der Waals surface area contributed by atoms with Gasteiger partial charge >= 0.3 is 11.9 Å². The van der Waals surface area contributed by atoms with Gasteiger partial charge in [0.1, 0.15) is 30.3 Å². The van der Waals surface area contributed by atoms with Crippen molar-refractivity contribution in [3.05, 3.63) is 64.6 Å². The zero-order valence-electron chi connectivity index (χ0n) is 36.7. The first-order valence-electron chi connectivity index (χ1n) is 20.3. The molecule has 8 atom stereocenters. The summed E-state index contributed by atoms with van der Waals surface area (Å²) in [5.74, 6) is -5.21. The smallest absolute Gasteiger partial charge is 0.334 e. The topological polar surface area (TPSA) is 181 Å². The molecule has 0 bridgehead atoms. The number of carbonyl (C=O) groups is 7. The van der Waals surface area contributed by atoms with Crippen molar-refractivity contribution in [3.63, 3.8) is 0 Å². The first kappa shape index (κ1) is 50.4. The van der Waals surface area contributed by atoms with Crippen molar-refractivity contribution in [2.24, 2.45) is 17.8 Å². The molecule has 0 aliphatic carbocycles. The Morgan fingerprint density at radius 3 is 2.08 bits per heavy atom. The molecule has 327 valence electrons. The third-order valence-corrected chi connectivity index (χ3v) is 10.8. The number of nitrogens with one attached hydrogen (secondary N) is 3. The molecule has 5 amide bonds. The van der Waals surface area contributed by atoms with Crippen LogP contribution in [0.2, 0.25) is 5.02 Å². The number of hydrogen-bond acceptors (Lipinski definition) is 9. The van der Waals surface area contributed by atoms with Gasteiger partial charge in [-0.3, -0.25) is 24.0 Å². The second kappa shape index (κ2) is 23.8. The Labute approximate surface area is 355 Å². The highest BCUT2D eigenvalue weighted by Crippen LogP contribution is 2.23. The van der Waals surface area contributed by atoms with E-state index in [2.05, 4.69) is 16.0 Å². The lowest BCUT2D eigenvalue weighted by atomic mass is 9.93. The Bertz CT molecular complexity index is 1710. The molecule has 3 N–H and O–H groups in total. The molecular weight excluding hydrogens is 778 g/mol. The molecule has 1 aliphatic rings. The van der Waals surface area contributed by atoms with Gasteiger partial charge in [0, 0.05) is 37.0 Å². The zero-order valence-corrected chi connectivity index (χ0v) is 37.5. The van der Waals surface area contributed by atoms with Crippen LogP contribution in [0.3, 0.4) is 0 Å². The summed E-state index contributed by atoms with van der Waals surface area (Å²) in [6.07, 6.45) is 4.50. The van der Waals surface area contributed by atoms with Crippen molar-refractivity contribution >= 4 is 53.1 Å². The van der Waals surface area contributed by atoms with Crippen LogP contribution in [0.4, 0.5) is 0 Å². The summed E-state index contributed by atoms with van der Waals surface area (Å²) in [6.45, 7) is 17.0. The maximum atomic E-state index is 14.2. The highest BCUT2D eigenvalue weighted by Gasteiger charge is 2.36. The Morgan fingerprint density at radius 1 is 0.898 bits per heavy atom. The SMILES string of the molecule is C/C=C(\C)[C@H]1OC(=O)[C@H](C)NC(=O)[C@H]([C@H](C)CC)NC(=O)CN(C)C(=O)[C@@H](Cc2ccc(Cl)cc2)N(C)C(=O)[C@H](C)NC(=O)[C@@H](CC(C)C)OC(=O)/C(C)=C/C[CH][C@@H]1C. The second-order valence-corrected chi connectivity index (χ2v) is 16.4. The van der Waals surface area contributed by atoms with Crippen molar-refractivity contribution in [3.8, 4) is 0 Å². The average molecular weight is 843 g/mol. The number of halogens is 1. The molecule has 1 aliphatic heterocycles. The molecule has 0 spiro atoms. The standard InChI is InChI=1S/C44H65ClN5O9/c1-13-26(5)37-40(53)47-31(10)44(57)59-38(27(6)14-2)28(7)16-15-17-29(8)43(56)58-35(22-25(3)4)39(52)46-30(9)41(54)50(12)34(23-32-18-20-33(45)21-19-32)42(55)49(11)24-36(51)48-37/h14,16-21,25-26,28,30-31,34-35,37-38H,13,15,22-24H2,1-12H3,(H,46,52)(H,47,53)(H,48,51)/b27-14+,29-17+/t26-,28+,30+,31+,34-,35-,37+,38-/m1/s1. The van der Waals surface area contributed by atoms with Gasteiger partial charge in [0.15, 0.2) is 6.10 Å². The van der Waals surface area contributed by atoms with E-state index >= 15 is 0 Å². The molecule has 14 nitrogen and oxygen atoms in total. The number of likely N-dealkylation sites (N-methyl/N-ethyl adjacent to an activating group) is 2. The second-order valence-electron chi connectivity index (χ2n) is 16.0. The van der Waals surface area contributed by atoms with Crippen molar-refractivity contribution < 1.29 is 43.0 Å². The first-order valence-corrected chi connectivity index (χ1v) is 20.7. The summed E-state index contributed by atoms with van der Waals surface area (Å²) < 4.78 is 11.6. The van der Waals surface area contributed by atoms with Crippen LogP contribution in [0.15, 0.2) is 47.6 Å².